The summed E-state index contributed by atoms with van der Waals surface area (Å²) in [5, 5.41) is 0. The first kappa shape index (κ1) is 21.3. The number of alkyl halides is 3. The Hall–Kier alpha value is -2.03. The SMILES string of the molecule is CC(C)(C)OC(=O)N1CCN(c2ccc(COCC(F)(F)F)cc2F)CC1. The number of amides is 1. The highest BCUT2D eigenvalue weighted by Gasteiger charge is 2.28. The van der Waals surface area contributed by atoms with Crippen molar-refractivity contribution in [2.75, 3.05) is 37.7 Å². The van der Waals surface area contributed by atoms with Gasteiger partial charge in [0.15, 0.2) is 0 Å². The zero-order chi connectivity index (χ0) is 20.2. The average Bonchev–Trinajstić information content (AvgIpc) is 2.52. The second-order valence-electron chi connectivity index (χ2n) is 7.35. The number of nitrogens with zero attached hydrogens (tertiary/aromatic N) is 2. The van der Waals surface area contributed by atoms with Crippen molar-refractivity contribution in [3.63, 3.8) is 0 Å². The molecule has 152 valence electrons. The molecule has 27 heavy (non-hydrogen) atoms. The van der Waals surface area contributed by atoms with E-state index < -0.39 is 30.3 Å². The van der Waals surface area contributed by atoms with Crippen LogP contribution in [0, 0.1) is 5.82 Å². The van der Waals surface area contributed by atoms with Gasteiger partial charge in [-0.05, 0) is 38.5 Å². The Morgan fingerprint density at radius 3 is 2.26 bits per heavy atom. The summed E-state index contributed by atoms with van der Waals surface area (Å²) in [6.45, 7) is 5.32. The molecular weight excluding hydrogens is 368 g/mol. The molecule has 1 aliphatic heterocycles. The Morgan fingerprint density at radius 2 is 1.74 bits per heavy atom. The molecule has 0 aliphatic carbocycles. The predicted octanol–water partition coefficient (Wildman–Crippen LogP) is 3.96. The second-order valence-corrected chi connectivity index (χ2v) is 7.35. The molecule has 0 atom stereocenters. The van der Waals surface area contributed by atoms with Crippen molar-refractivity contribution < 1.29 is 31.8 Å². The fourth-order valence-electron chi connectivity index (χ4n) is 2.64. The standard InChI is InChI=1S/C18H24F4N2O3/c1-17(2,3)27-16(25)24-8-6-23(7-9-24)15-5-4-13(10-14(15)19)11-26-12-18(20,21)22/h4-5,10H,6-9,11-12H2,1-3H3. The quantitative estimate of drug-likeness (QED) is 0.728. The highest BCUT2D eigenvalue weighted by atomic mass is 19.4. The van der Waals surface area contributed by atoms with Gasteiger partial charge in [0.1, 0.15) is 18.0 Å². The van der Waals surface area contributed by atoms with Crippen LogP contribution in [0.1, 0.15) is 26.3 Å². The molecule has 2 rings (SSSR count). The van der Waals surface area contributed by atoms with Gasteiger partial charge in [0, 0.05) is 26.2 Å². The molecule has 1 saturated heterocycles. The monoisotopic (exact) mass is 392 g/mol. The van der Waals surface area contributed by atoms with Crippen LogP contribution < -0.4 is 4.90 Å². The van der Waals surface area contributed by atoms with Crippen LogP contribution in [0.3, 0.4) is 0 Å². The van der Waals surface area contributed by atoms with Crippen LogP contribution in [-0.4, -0.2) is 55.6 Å². The fourth-order valence-corrected chi connectivity index (χ4v) is 2.64. The van der Waals surface area contributed by atoms with Crippen molar-refractivity contribution in [2.45, 2.75) is 39.2 Å². The summed E-state index contributed by atoms with van der Waals surface area (Å²) < 4.78 is 60.5. The topological polar surface area (TPSA) is 42.0 Å². The molecule has 1 fully saturated rings. The summed E-state index contributed by atoms with van der Waals surface area (Å²) in [7, 11) is 0. The lowest BCUT2D eigenvalue weighted by atomic mass is 10.1. The normalized spacial score (nSPS) is 15.8. The van der Waals surface area contributed by atoms with E-state index in [4.69, 9.17) is 4.74 Å². The molecule has 0 spiro atoms. The van der Waals surface area contributed by atoms with Gasteiger partial charge in [-0.2, -0.15) is 13.2 Å². The summed E-state index contributed by atoms with van der Waals surface area (Å²) in [5.41, 5.74) is 0.0935. The first-order valence-electron chi connectivity index (χ1n) is 8.60. The Balaban J connectivity index is 1.89. The molecule has 1 aromatic carbocycles. The van der Waals surface area contributed by atoms with Gasteiger partial charge in [0.05, 0.1) is 12.3 Å². The third-order valence-electron chi connectivity index (χ3n) is 3.82. The first-order chi connectivity index (χ1) is 12.4. The average molecular weight is 392 g/mol. The highest BCUT2D eigenvalue weighted by molar-refractivity contribution is 5.68. The van der Waals surface area contributed by atoms with Crippen LogP contribution in [0.25, 0.3) is 0 Å². The summed E-state index contributed by atoms with van der Waals surface area (Å²) in [5.74, 6) is -0.533. The molecule has 0 unspecified atom stereocenters. The van der Waals surface area contributed by atoms with E-state index in [0.29, 0.717) is 37.4 Å². The molecule has 1 amide bonds. The molecule has 0 saturated carbocycles. The van der Waals surface area contributed by atoms with Gasteiger partial charge in [-0.15, -0.1) is 0 Å². The van der Waals surface area contributed by atoms with Gasteiger partial charge in [-0.3, -0.25) is 0 Å². The van der Waals surface area contributed by atoms with Gasteiger partial charge in [0.2, 0.25) is 0 Å². The number of carbonyl (C=O) groups excluding carboxylic acids is 1. The molecule has 0 radical (unpaired) electrons. The Morgan fingerprint density at radius 1 is 1.11 bits per heavy atom. The number of rotatable bonds is 4. The van der Waals surface area contributed by atoms with Crippen molar-refractivity contribution in [1.29, 1.82) is 0 Å². The van der Waals surface area contributed by atoms with E-state index in [1.807, 2.05) is 0 Å². The Labute approximate surface area is 155 Å². The molecular formula is C18H24F4N2O3. The van der Waals surface area contributed by atoms with Crippen molar-refractivity contribution in [3.8, 4) is 0 Å². The summed E-state index contributed by atoms with van der Waals surface area (Å²) >= 11 is 0. The third kappa shape index (κ3) is 6.89. The minimum Gasteiger partial charge on any atom is -0.444 e. The number of anilines is 1. The van der Waals surface area contributed by atoms with E-state index in [1.54, 1.807) is 30.6 Å². The van der Waals surface area contributed by atoms with Crippen molar-refractivity contribution in [2.24, 2.45) is 0 Å². The van der Waals surface area contributed by atoms with Crippen LogP contribution in [0.4, 0.5) is 28.0 Å². The van der Waals surface area contributed by atoms with E-state index in [1.165, 1.54) is 18.2 Å². The number of ether oxygens (including phenoxy) is 2. The number of carbonyl (C=O) groups is 1. The van der Waals surface area contributed by atoms with Gasteiger partial charge in [0.25, 0.3) is 0 Å². The fraction of sp³-hybridized carbons (Fsp3) is 0.611. The Bertz CT molecular complexity index is 651. The lowest BCUT2D eigenvalue weighted by Gasteiger charge is -2.36. The lowest BCUT2D eigenvalue weighted by molar-refractivity contribution is -0.176. The summed E-state index contributed by atoms with van der Waals surface area (Å²) in [6.07, 6.45) is -4.81. The second kappa shape index (κ2) is 8.33. The van der Waals surface area contributed by atoms with E-state index in [2.05, 4.69) is 4.74 Å². The molecule has 1 aliphatic rings. The van der Waals surface area contributed by atoms with Crippen molar-refractivity contribution in [1.82, 2.24) is 4.90 Å². The molecule has 0 aromatic heterocycles. The smallest absolute Gasteiger partial charge is 0.411 e. The van der Waals surface area contributed by atoms with Gasteiger partial charge in [-0.25, -0.2) is 9.18 Å². The third-order valence-corrected chi connectivity index (χ3v) is 3.82. The molecule has 1 aromatic rings. The number of benzene rings is 1. The van der Waals surface area contributed by atoms with Gasteiger partial charge in [-0.1, -0.05) is 6.07 Å². The van der Waals surface area contributed by atoms with Crippen LogP contribution in [0.15, 0.2) is 18.2 Å². The van der Waals surface area contributed by atoms with Crippen LogP contribution in [-0.2, 0) is 16.1 Å². The molecule has 9 heteroatoms. The van der Waals surface area contributed by atoms with Gasteiger partial charge >= 0.3 is 12.3 Å². The lowest BCUT2D eigenvalue weighted by Crippen LogP contribution is -2.50. The molecule has 0 N–H and O–H groups in total. The maximum Gasteiger partial charge on any atom is 0.411 e. The Kier molecular flexibility index (Phi) is 6.56. The minimum absolute atomic E-state index is 0.316. The zero-order valence-electron chi connectivity index (χ0n) is 15.6. The van der Waals surface area contributed by atoms with Gasteiger partial charge < -0.3 is 19.3 Å². The van der Waals surface area contributed by atoms with E-state index in [9.17, 15) is 22.4 Å². The summed E-state index contributed by atoms with van der Waals surface area (Å²) in [6, 6.07) is 4.23. The largest absolute Gasteiger partial charge is 0.444 e. The van der Waals surface area contributed by atoms with Crippen LogP contribution in [0.5, 0.6) is 0 Å². The maximum absolute atomic E-state index is 14.3. The molecule has 0 bridgehead atoms. The maximum atomic E-state index is 14.3. The number of hydrogen-bond acceptors (Lipinski definition) is 4. The number of hydrogen-bond donors (Lipinski definition) is 0. The van der Waals surface area contributed by atoms with E-state index in [-0.39, 0.29) is 6.61 Å². The zero-order valence-corrected chi connectivity index (χ0v) is 15.6. The predicted molar refractivity (Wildman–Crippen MR) is 92.1 cm³/mol. The van der Waals surface area contributed by atoms with Crippen molar-refractivity contribution in [3.05, 3.63) is 29.6 Å². The number of halogens is 4. The van der Waals surface area contributed by atoms with Crippen molar-refractivity contribution >= 4 is 11.8 Å². The summed E-state index contributed by atoms with van der Waals surface area (Å²) in [4.78, 5) is 15.4. The molecule has 5 nitrogen and oxygen atoms in total. The highest BCUT2D eigenvalue weighted by Crippen LogP contribution is 2.23. The van der Waals surface area contributed by atoms with E-state index in [0.717, 1.165) is 0 Å². The van der Waals surface area contributed by atoms with E-state index >= 15 is 0 Å². The molecule has 1 heterocycles. The first-order valence-corrected chi connectivity index (χ1v) is 8.60. The minimum atomic E-state index is -4.41. The number of piperazine rings is 1. The van der Waals surface area contributed by atoms with Crippen LogP contribution in [0.2, 0.25) is 0 Å². The van der Waals surface area contributed by atoms with Crippen LogP contribution >= 0.6 is 0 Å².